The lowest BCUT2D eigenvalue weighted by molar-refractivity contribution is -0.145. The van der Waals surface area contributed by atoms with E-state index in [9.17, 15) is 14.4 Å². The van der Waals surface area contributed by atoms with Crippen LogP contribution in [0, 0.1) is 0 Å². The molecule has 0 aromatic heterocycles. The zero-order valence-electron chi connectivity index (χ0n) is 12.2. The number of carboxylic acids is 1. The van der Waals surface area contributed by atoms with Gasteiger partial charge in [0.1, 0.15) is 6.04 Å². The average molecular weight is 297 g/mol. The van der Waals surface area contributed by atoms with Gasteiger partial charge in [-0.1, -0.05) is 6.42 Å². The number of carbonyl (C=O) groups excluding carboxylic acids is 2. The van der Waals surface area contributed by atoms with Gasteiger partial charge in [0.2, 0.25) is 11.8 Å². The maximum Gasteiger partial charge on any atom is 0.320 e. The molecule has 0 aromatic rings. The van der Waals surface area contributed by atoms with E-state index in [0.29, 0.717) is 13.0 Å². The Bertz CT molecular complexity index is 407. The summed E-state index contributed by atoms with van der Waals surface area (Å²) in [6, 6.07) is -0.584. The standard InChI is InChI=1S/C14H23N3O4/c18-12(15-9-13(19)16-6-3-4-7-16)10-17-8-2-1-5-11(17)14(20)21/h11H,1-10H2,(H,15,18)(H,20,21). The summed E-state index contributed by atoms with van der Waals surface area (Å²) in [6.07, 6.45) is 4.41. The van der Waals surface area contributed by atoms with E-state index in [1.807, 2.05) is 0 Å². The maximum absolute atomic E-state index is 11.9. The van der Waals surface area contributed by atoms with Crippen molar-refractivity contribution in [1.29, 1.82) is 0 Å². The fraction of sp³-hybridized carbons (Fsp3) is 0.786. The molecule has 2 aliphatic rings. The number of aliphatic carboxylic acids is 1. The topological polar surface area (TPSA) is 90.0 Å². The number of carboxylic acid groups (broad SMARTS) is 1. The first-order valence-electron chi connectivity index (χ1n) is 7.59. The Morgan fingerprint density at radius 3 is 2.38 bits per heavy atom. The number of carbonyl (C=O) groups is 3. The molecule has 7 nitrogen and oxygen atoms in total. The van der Waals surface area contributed by atoms with Gasteiger partial charge in [0.05, 0.1) is 13.1 Å². The summed E-state index contributed by atoms with van der Waals surface area (Å²) >= 11 is 0. The third-order valence-corrected chi connectivity index (χ3v) is 4.14. The molecule has 0 saturated carbocycles. The van der Waals surface area contributed by atoms with Gasteiger partial charge in [-0.25, -0.2) is 0 Å². The van der Waals surface area contributed by atoms with Crippen molar-refractivity contribution < 1.29 is 19.5 Å². The molecule has 1 unspecified atom stereocenters. The maximum atomic E-state index is 11.9. The van der Waals surface area contributed by atoms with E-state index in [4.69, 9.17) is 5.11 Å². The van der Waals surface area contributed by atoms with Gasteiger partial charge in [0, 0.05) is 13.1 Å². The van der Waals surface area contributed by atoms with Crippen molar-refractivity contribution in [3.8, 4) is 0 Å². The number of nitrogens with zero attached hydrogens (tertiary/aromatic N) is 2. The van der Waals surface area contributed by atoms with Crippen LogP contribution in [0.2, 0.25) is 0 Å². The molecule has 2 saturated heterocycles. The molecule has 2 fully saturated rings. The highest BCUT2D eigenvalue weighted by molar-refractivity contribution is 5.86. The minimum atomic E-state index is -0.879. The third-order valence-electron chi connectivity index (χ3n) is 4.14. The second-order valence-corrected chi connectivity index (χ2v) is 5.68. The van der Waals surface area contributed by atoms with E-state index in [-0.39, 0.29) is 24.9 Å². The number of hydrogen-bond donors (Lipinski definition) is 2. The van der Waals surface area contributed by atoms with Crippen molar-refractivity contribution in [1.82, 2.24) is 15.1 Å². The van der Waals surface area contributed by atoms with Gasteiger partial charge in [0.25, 0.3) is 0 Å². The molecular formula is C14H23N3O4. The Morgan fingerprint density at radius 2 is 1.71 bits per heavy atom. The van der Waals surface area contributed by atoms with Gasteiger partial charge in [-0.15, -0.1) is 0 Å². The van der Waals surface area contributed by atoms with Gasteiger partial charge < -0.3 is 15.3 Å². The van der Waals surface area contributed by atoms with Crippen molar-refractivity contribution in [2.45, 2.75) is 38.1 Å². The predicted octanol–water partition coefficient (Wildman–Crippen LogP) is -0.336. The first-order valence-corrected chi connectivity index (χ1v) is 7.59. The zero-order chi connectivity index (χ0) is 15.2. The Balaban J connectivity index is 1.75. The van der Waals surface area contributed by atoms with Crippen LogP contribution in [-0.4, -0.2) is 71.5 Å². The summed E-state index contributed by atoms with van der Waals surface area (Å²) in [7, 11) is 0. The molecule has 2 N–H and O–H groups in total. The van der Waals surface area contributed by atoms with Crippen molar-refractivity contribution in [3.05, 3.63) is 0 Å². The van der Waals surface area contributed by atoms with E-state index in [0.717, 1.165) is 38.8 Å². The van der Waals surface area contributed by atoms with Crippen LogP contribution in [0.25, 0.3) is 0 Å². The van der Waals surface area contributed by atoms with Crippen LogP contribution in [0.5, 0.6) is 0 Å². The number of likely N-dealkylation sites (tertiary alicyclic amines) is 2. The second-order valence-electron chi connectivity index (χ2n) is 5.68. The monoisotopic (exact) mass is 297 g/mol. The lowest BCUT2D eigenvalue weighted by atomic mass is 10.0. The van der Waals surface area contributed by atoms with Crippen molar-refractivity contribution in [2.24, 2.45) is 0 Å². The van der Waals surface area contributed by atoms with Gasteiger partial charge in [0.15, 0.2) is 0 Å². The minimum Gasteiger partial charge on any atom is -0.480 e. The highest BCUT2D eigenvalue weighted by Crippen LogP contribution is 2.16. The second kappa shape index (κ2) is 7.40. The molecule has 21 heavy (non-hydrogen) atoms. The summed E-state index contributed by atoms with van der Waals surface area (Å²) in [4.78, 5) is 38.3. The Hall–Kier alpha value is -1.63. The summed E-state index contributed by atoms with van der Waals surface area (Å²) in [5, 5.41) is 11.8. The molecule has 0 radical (unpaired) electrons. The quantitative estimate of drug-likeness (QED) is 0.725. The fourth-order valence-electron chi connectivity index (χ4n) is 2.95. The van der Waals surface area contributed by atoms with E-state index in [1.54, 1.807) is 9.80 Å². The van der Waals surface area contributed by atoms with Crippen LogP contribution in [0.1, 0.15) is 32.1 Å². The molecule has 1 atom stereocenters. The van der Waals surface area contributed by atoms with Crippen LogP contribution < -0.4 is 5.32 Å². The van der Waals surface area contributed by atoms with Gasteiger partial charge in [-0.3, -0.25) is 19.3 Å². The highest BCUT2D eigenvalue weighted by Gasteiger charge is 2.29. The van der Waals surface area contributed by atoms with E-state index in [1.165, 1.54) is 0 Å². The molecule has 118 valence electrons. The van der Waals surface area contributed by atoms with Crippen LogP contribution in [0.15, 0.2) is 0 Å². The number of amides is 2. The Kier molecular flexibility index (Phi) is 5.55. The molecule has 2 heterocycles. The molecule has 2 rings (SSSR count). The molecule has 0 bridgehead atoms. The SMILES string of the molecule is O=C(CN1CCCCC1C(=O)O)NCC(=O)N1CCCC1. The van der Waals surface area contributed by atoms with Gasteiger partial charge in [-0.05, 0) is 32.2 Å². The summed E-state index contributed by atoms with van der Waals surface area (Å²) in [5.41, 5.74) is 0. The van der Waals surface area contributed by atoms with Crippen LogP contribution in [0.4, 0.5) is 0 Å². The summed E-state index contributed by atoms with van der Waals surface area (Å²) < 4.78 is 0. The Labute approximate surface area is 124 Å². The molecule has 0 aromatic carbocycles. The molecular weight excluding hydrogens is 274 g/mol. The molecule has 2 amide bonds. The lowest BCUT2D eigenvalue weighted by Crippen LogP contribution is -2.50. The summed E-state index contributed by atoms with van der Waals surface area (Å²) in [5.74, 6) is -1.22. The average Bonchev–Trinajstić information content (AvgIpc) is 2.99. The van der Waals surface area contributed by atoms with Crippen molar-refractivity contribution in [2.75, 3.05) is 32.7 Å². The smallest absolute Gasteiger partial charge is 0.320 e. The van der Waals surface area contributed by atoms with Gasteiger partial charge >= 0.3 is 5.97 Å². The van der Waals surface area contributed by atoms with E-state index < -0.39 is 12.0 Å². The Morgan fingerprint density at radius 1 is 1.05 bits per heavy atom. The zero-order valence-corrected chi connectivity index (χ0v) is 12.2. The molecule has 2 aliphatic heterocycles. The molecule has 7 heteroatoms. The van der Waals surface area contributed by atoms with E-state index in [2.05, 4.69) is 5.32 Å². The van der Waals surface area contributed by atoms with Crippen LogP contribution >= 0.6 is 0 Å². The van der Waals surface area contributed by atoms with Gasteiger partial charge in [-0.2, -0.15) is 0 Å². The largest absolute Gasteiger partial charge is 0.480 e. The predicted molar refractivity (Wildman–Crippen MR) is 75.7 cm³/mol. The normalized spacial score (nSPS) is 23.0. The molecule has 0 spiro atoms. The van der Waals surface area contributed by atoms with E-state index >= 15 is 0 Å². The fourth-order valence-corrected chi connectivity index (χ4v) is 2.95. The minimum absolute atomic E-state index is 0.00438. The van der Waals surface area contributed by atoms with Crippen LogP contribution in [-0.2, 0) is 14.4 Å². The third kappa shape index (κ3) is 4.42. The van der Waals surface area contributed by atoms with Crippen molar-refractivity contribution >= 4 is 17.8 Å². The molecule has 0 aliphatic carbocycles. The van der Waals surface area contributed by atoms with Crippen LogP contribution in [0.3, 0.4) is 0 Å². The number of rotatable bonds is 5. The highest BCUT2D eigenvalue weighted by atomic mass is 16.4. The number of piperidine rings is 1. The number of nitrogens with one attached hydrogen (secondary N) is 1. The summed E-state index contributed by atoms with van der Waals surface area (Å²) in [6.45, 7) is 2.20. The number of hydrogen-bond acceptors (Lipinski definition) is 4. The lowest BCUT2D eigenvalue weighted by Gasteiger charge is -2.32. The van der Waals surface area contributed by atoms with Crippen molar-refractivity contribution in [3.63, 3.8) is 0 Å². The first kappa shape index (κ1) is 15.8. The first-order chi connectivity index (χ1) is 10.1.